The van der Waals surface area contributed by atoms with Crippen LogP contribution in [-0.4, -0.2) is 58.1 Å². The Morgan fingerprint density at radius 1 is 1.13 bits per heavy atom. The Kier molecular flexibility index (Phi) is 6.27. The second-order valence-corrected chi connectivity index (χ2v) is 12.9. The summed E-state index contributed by atoms with van der Waals surface area (Å²) in [5, 5.41) is 6.85. The molecule has 0 spiro atoms. The van der Waals surface area contributed by atoms with Gasteiger partial charge in [0.2, 0.25) is 11.8 Å². The van der Waals surface area contributed by atoms with Gasteiger partial charge in [-0.1, -0.05) is 59.4 Å². The van der Waals surface area contributed by atoms with Crippen molar-refractivity contribution in [1.29, 1.82) is 0 Å². The van der Waals surface area contributed by atoms with Crippen molar-refractivity contribution in [2.24, 2.45) is 28.6 Å². The van der Waals surface area contributed by atoms with Crippen LogP contribution in [0.3, 0.4) is 0 Å². The topological polar surface area (TPSA) is 111 Å². The molecule has 2 aromatic rings. The van der Waals surface area contributed by atoms with Gasteiger partial charge in [0, 0.05) is 17.4 Å². The number of aromatic amines is 1. The average molecular weight is 519 g/mol. The van der Waals surface area contributed by atoms with E-state index in [1.54, 1.807) is 11.0 Å². The number of hydrogen-bond acceptors (Lipinski definition) is 4. The number of nitrogens with zero attached hydrogens (tertiary/aromatic N) is 1. The first kappa shape index (κ1) is 26.2. The summed E-state index contributed by atoms with van der Waals surface area (Å²) in [6.45, 7) is 14.0. The van der Waals surface area contributed by atoms with Gasteiger partial charge in [0.1, 0.15) is 17.8 Å². The zero-order valence-corrected chi connectivity index (χ0v) is 22.8. The average Bonchev–Trinajstić information content (AvgIpc) is 3.64. The number of rotatable bonds is 8. The number of carbonyl (C=O) groups is 4. The fraction of sp³-hybridized carbons (Fsp3) is 0.533. The van der Waals surface area contributed by atoms with Crippen LogP contribution in [0.1, 0.15) is 57.9 Å². The third-order valence-corrected chi connectivity index (χ3v) is 8.82. The van der Waals surface area contributed by atoms with Gasteiger partial charge < -0.3 is 20.5 Å². The van der Waals surface area contributed by atoms with Gasteiger partial charge in [0.05, 0.1) is 6.04 Å². The van der Waals surface area contributed by atoms with Crippen molar-refractivity contribution in [3.8, 4) is 0 Å². The van der Waals surface area contributed by atoms with Crippen molar-refractivity contribution in [3.63, 3.8) is 0 Å². The maximum Gasteiger partial charge on any atom is 0.268 e. The summed E-state index contributed by atoms with van der Waals surface area (Å²) in [5.41, 5.74) is 0.672. The van der Waals surface area contributed by atoms with Gasteiger partial charge in [0.25, 0.3) is 5.91 Å². The Labute approximate surface area is 223 Å². The largest absolute Gasteiger partial charge is 0.351 e. The third-order valence-electron chi connectivity index (χ3n) is 8.82. The first-order chi connectivity index (χ1) is 17.8. The molecule has 2 heterocycles. The molecular weight excluding hydrogens is 480 g/mol. The molecule has 5 rings (SSSR count). The molecule has 1 aliphatic heterocycles. The fourth-order valence-corrected chi connectivity index (χ4v) is 6.28. The summed E-state index contributed by atoms with van der Waals surface area (Å²) in [5.74, 6) is -0.860. The SMILES string of the molecule is C=CC(=O)[C@@H](NC(=O)[C@@H]1[C@@H]2[C@H](CN1C(=O)[C@@H](NC(=O)c1cc3ccccc3[nH]1)C1CC1)C2(C)C)C(C)(C)C. The molecule has 2 aliphatic carbocycles. The number of para-hydroxylation sites is 1. The Morgan fingerprint density at radius 3 is 2.42 bits per heavy atom. The van der Waals surface area contributed by atoms with Crippen LogP contribution in [0.15, 0.2) is 43.0 Å². The Balaban J connectivity index is 1.37. The molecule has 2 saturated carbocycles. The second-order valence-electron chi connectivity index (χ2n) is 12.9. The first-order valence-electron chi connectivity index (χ1n) is 13.5. The van der Waals surface area contributed by atoms with E-state index >= 15 is 0 Å². The number of carbonyl (C=O) groups excluding carboxylic acids is 4. The molecule has 0 bridgehead atoms. The number of benzene rings is 1. The van der Waals surface area contributed by atoms with Crippen molar-refractivity contribution >= 4 is 34.4 Å². The highest BCUT2D eigenvalue weighted by Crippen LogP contribution is 2.65. The summed E-state index contributed by atoms with van der Waals surface area (Å²) < 4.78 is 0. The van der Waals surface area contributed by atoms with E-state index in [0.717, 1.165) is 23.7 Å². The van der Waals surface area contributed by atoms with Crippen molar-refractivity contribution in [3.05, 3.63) is 48.7 Å². The van der Waals surface area contributed by atoms with Gasteiger partial charge in [0.15, 0.2) is 5.78 Å². The molecule has 3 amide bonds. The van der Waals surface area contributed by atoms with E-state index in [4.69, 9.17) is 0 Å². The van der Waals surface area contributed by atoms with E-state index < -0.39 is 23.5 Å². The van der Waals surface area contributed by atoms with Crippen LogP contribution in [0.5, 0.6) is 0 Å². The molecular formula is C30H38N4O4. The standard InChI is InChI=1S/C30H38N4O4/c1-7-21(35)25(29(2,3)4)33-27(37)24-22-18(30(22,5)6)15-34(24)28(38)23(16-12-13-16)32-26(36)20-14-17-10-8-9-11-19(17)31-20/h7-11,14,16,18,22-25,31H,1,12-13,15H2,2-6H3,(H,32,36)(H,33,37)/t18-,22-,23-,24-,25+/m0/s1. The van der Waals surface area contributed by atoms with Crippen molar-refractivity contribution in [2.75, 3.05) is 6.54 Å². The number of amides is 3. The van der Waals surface area contributed by atoms with Crippen molar-refractivity contribution < 1.29 is 19.2 Å². The predicted octanol–water partition coefficient (Wildman–Crippen LogP) is 3.45. The van der Waals surface area contributed by atoms with Crippen LogP contribution in [0.25, 0.3) is 10.9 Å². The molecule has 38 heavy (non-hydrogen) atoms. The number of ketones is 1. The fourth-order valence-electron chi connectivity index (χ4n) is 6.28. The predicted molar refractivity (Wildman–Crippen MR) is 145 cm³/mol. The molecule has 8 heteroatoms. The number of nitrogens with one attached hydrogen (secondary N) is 3. The number of piperidine rings is 1. The molecule has 8 nitrogen and oxygen atoms in total. The lowest BCUT2D eigenvalue weighted by Gasteiger charge is -2.35. The summed E-state index contributed by atoms with van der Waals surface area (Å²) in [4.78, 5) is 58.3. The quantitative estimate of drug-likeness (QED) is 0.465. The molecule has 3 aliphatic rings. The van der Waals surface area contributed by atoms with Crippen LogP contribution in [0.4, 0.5) is 0 Å². The van der Waals surface area contributed by atoms with Crippen LogP contribution >= 0.6 is 0 Å². The van der Waals surface area contributed by atoms with E-state index in [2.05, 4.69) is 36.0 Å². The highest BCUT2D eigenvalue weighted by atomic mass is 16.2. The van der Waals surface area contributed by atoms with E-state index in [-0.39, 0.29) is 46.7 Å². The van der Waals surface area contributed by atoms with Crippen molar-refractivity contribution in [1.82, 2.24) is 20.5 Å². The van der Waals surface area contributed by atoms with Gasteiger partial charge in [-0.15, -0.1) is 0 Å². The van der Waals surface area contributed by atoms with Crippen LogP contribution in [-0.2, 0) is 14.4 Å². The number of aromatic nitrogens is 1. The minimum atomic E-state index is -0.744. The highest BCUT2D eigenvalue weighted by molar-refractivity contribution is 6.02. The lowest BCUT2D eigenvalue weighted by molar-refractivity contribution is -0.143. The summed E-state index contributed by atoms with van der Waals surface area (Å²) in [6, 6.07) is 7.29. The second kappa shape index (κ2) is 9.10. The van der Waals surface area contributed by atoms with Crippen LogP contribution in [0.2, 0.25) is 0 Å². The normalized spacial score (nSPS) is 25.3. The summed E-state index contributed by atoms with van der Waals surface area (Å²) in [7, 11) is 0. The van der Waals surface area contributed by atoms with Gasteiger partial charge in [-0.2, -0.15) is 0 Å². The first-order valence-corrected chi connectivity index (χ1v) is 13.5. The number of likely N-dealkylation sites (tertiary alicyclic amines) is 1. The molecule has 1 aromatic carbocycles. The van der Waals surface area contributed by atoms with E-state index in [1.165, 1.54) is 6.08 Å². The van der Waals surface area contributed by atoms with E-state index in [9.17, 15) is 19.2 Å². The Hall–Kier alpha value is -3.42. The number of H-pyrrole nitrogens is 1. The smallest absolute Gasteiger partial charge is 0.268 e. The number of hydrogen-bond donors (Lipinski definition) is 3. The highest BCUT2D eigenvalue weighted by Gasteiger charge is 2.70. The van der Waals surface area contributed by atoms with Crippen molar-refractivity contribution in [2.45, 2.75) is 65.6 Å². The van der Waals surface area contributed by atoms with Gasteiger partial charge in [-0.05, 0) is 59.6 Å². The molecule has 3 N–H and O–H groups in total. The minimum absolute atomic E-state index is 0.00941. The molecule has 202 valence electrons. The summed E-state index contributed by atoms with van der Waals surface area (Å²) in [6.07, 6.45) is 2.94. The molecule has 3 fully saturated rings. The molecule has 1 saturated heterocycles. The lowest BCUT2D eigenvalue weighted by Crippen LogP contribution is -2.59. The zero-order valence-electron chi connectivity index (χ0n) is 22.8. The molecule has 0 unspecified atom stereocenters. The summed E-state index contributed by atoms with van der Waals surface area (Å²) >= 11 is 0. The monoisotopic (exact) mass is 518 g/mol. The molecule has 0 radical (unpaired) electrons. The number of fused-ring (bicyclic) bond motifs is 2. The zero-order chi connectivity index (χ0) is 27.6. The van der Waals surface area contributed by atoms with Crippen LogP contribution < -0.4 is 10.6 Å². The van der Waals surface area contributed by atoms with Crippen LogP contribution in [0, 0.1) is 28.6 Å². The van der Waals surface area contributed by atoms with Gasteiger partial charge in [-0.25, -0.2) is 0 Å². The maximum atomic E-state index is 14.0. The third kappa shape index (κ3) is 4.54. The maximum absolute atomic E-state index is 14.0. The van der Waals surface area contributed by atoms with E-state index in [1.807, 2.05) is 45.0 Å². The lowest BCUT2D eigenvalue weighted by atomic mass is 9.83. The minimum Gasteiger partial charge on any atom is -0.351 e. The van der Waals surface area contributed by atoms with Gasteiger partial charge >= 0.3 is 0 Å². The van der Waals surface area contributed by atoms with Gasteiger partial charge in [-0.3, -0.25) is 19.2 Å². The Morgan fingerprint density at radius 2 is 1.82 bits per heavy atom. The molecule has 1 aromatic heterocycles. The van der Waals surface area contributed by atoms with E-state index in [0.29, 0.717) is 12.2 Å². The Bertz CT molecular complexity index is 1280. The molecule has 5 atom stereocenters.